The molecule has 0 aliphatic heterocycles. The van der Waals surface area contributed by atoms with Gasteiger partial charge in [0.1, 0.15) is 0 Å². The maximum Gasteiger partial charge on any atom is 0.0549 e. The van der Waals surface area contributed by atoms with Gasteiger partial charge in [-0.15, -0.1) is 11.6 Å². The van der Waals surface area contributed by atoms with E-state index in [1.807, 2.05) is 24.3 Å². The van der Waals surface area contributed by atoms with E-state index in [2.05, 4.69) is 6.92 Å². The van der Waals surface area contributed by atoms with E-state index < -0.39 is 0 Å². The molecular weight excluding hydrogens is 231 g/mol. The minimum absolute atomic E-state index is 0.226. The van der Waals surface area contributed by atoms with Crippen molar-refractivity contribution in [3.63, 3.8) is 0 Å². The SMILES string of the molecule is COC(C)CC(CCl)c1ccc(Cl)cc1. The van der Waals surface area contributed by atoms with Crippen molar-refractivity contribution >= 4 is 23.2 Å². The highest BCUT2D eigenvalue weighted by atomic mass is 35.5. The Morgan fingerprint density at radius 3 is 2.33 bits per heavy atom. The minimum Gasteiger partial charge on any atom is -0.382 e. The molecule has 3 heteroatoms. The zero-order valence-corrected chi connectivity index (χ0v) is 10.6. The topological polar surface area (TPSA) is 9.23 Å². The molecule has 0 radical (unpaired) electrons. The lowest BCUT2D eigenvalue weighted by molar-refractivity contribution is 0.106. The van der Waals surface area contributed by atoms with Gasteiger partial charge in [-0.25, -0.2) is 0 Å². The molecule has 0 amide bonds. The Bertz CT molecular complexity index is 284. The molecular formula is C12H16Cl2O. The quantitative estimate of drug-likeness (QED) is 0.712. The number of halogens is 2. The van der Waals surface area contributed by atoms with Crippen LogP contribution >= 0.6 is 23.2 Å². The van der Waals surface area contributed by atoms with Crippen molar-refractivity contribution in [2.75, 3.05) is 13.0 Å². The predicted molar refractivity (Wildman–Crippen MR) is 66.0 cm³/mol. The van der Waals surface area contributed by atoms with E-state index in [1.54, 1.807) is 7.11 Å². The highest BCUT2D eigenvalue weighted by Gasteiger charge is 2.13. The first kappa shape index (κ1) is 12.8. The molecule has 1 nitrogen and oxygen atoms in total. The Labute approximate surface area is 101 Å². The first-order chi connectivity index (χ1) is 7.17. The summed E-state index contributed by atoms with van der Waals surface area (Å²) in [5.41, 5.74) is 1.22. The molecule has 15 heavy (non-hydrogen) atoms. The largest absolute Gasteiger partial charge is 0.382 e. The third-order valence-corrected chi connectivity index (χ3v) is 3.17. The lowest BCUT2D eigenvalue weighted by atomic mass is 9.95. The molecule has 0 aliphatic carbocycles. The van der Waals surface area contributed by atoms with Crippen LogP contribution in [-0.4, -0.2) is 19.1 Å². The van der Waals surface area contributed by atoms with Gasteiger partial charge in [-0.2, -0.15) is 0 Å². The second-order valence-electron chi connectivity index (χ2n) is 3.68. The molecule has 0 saturated heterocycles. The van der Waals surface area contributed by atoms with Crippen molar-refractivity contribution in [1.29, 1.82) is 0 Å². The molecule has 2 atom stereocenters. The molecule has 0 spiro atoms. The maximum atomic E-state index is 5.95. The lowest BCUT2D eigenvalue weighted by Crippen LogP contribution is -2.12. The Morgan fingerprint density at radius 2 is 1.87 bits per heavy atom. The van der Waals surface area contributed by atoms with E-state index in [4.69, 9.17) is 27.9 Å². The second kappa shape index (κ2) is 6.37. The summed E-state index contributed by atoms with van der Waals surface area (Å²) in [7, 11) is 1.72. The van der Waals surface area contributed by atoms with Crippen LogP contribution in [0.3, 0.4) is 0 Å². The monoisotopic (exact) mass is 246 g/mol. The Kier molecular flexibility index (Phi) is 5.44. The van der Waals surface area contributed by atoms with E-state index in [9.17, 15) is 0 Å². The van der Waals surface area contributed by atoms with Crippen molar-refractivity contribution in [2.45, 2.75) is 25.4 Å². The van der Waals surface area contributed by atoms with Crippen LogP contribution in [-0.2, 0) is 4.74 Å². The smallest absolute Gasteiger partial charge is 0.0549 e. The minimum atomic E-state index is 0.226. The van der Waals surface area contributed by atoms with Gasteiger partial charge in [0.25, 0.3) is 0 Å². The average Bonchev–Trinajstić information content (AvgIpc) is 2.27. The van der Waals surface area contributed by atoms with Crippen LogP contribution < -0.4 is 0 Å². The molecule has 1 aromatic carbocycles. The molecule has 2 unspecified atom stereocenters. The summed E-state index contributed by atoms with van der Waals surface area (Å²) >= 11 is 11.8. The third-order valence-electron chi connectivity index (χ3n) is 2.55. The molecule has 0 aliphatic rings. The van der Waals surface area contributed by atoms with Crippen LogP contribution in [0.4, 0.5) is 0 Å². The maximum absolute atomic E-state index is 5.95. The van der Waals surface area contributed by atoms with E-state index in [1.165, 1.54) is 5.56 Å². The van der Waals surface area contributed by atoms with Crippen LogP contribution in [0.2, 0.25) is 5.02 Å². The number of benzene rings is 1. The molecule has 84 valence electrons. The third kappa shape index (κ3) is 4.02. The molecule has 0 saturated carbocycles. The molecule has 0 N–H and O–H groups in total. The fourth-order valence-electron chi connectivity index (χ4n) is 1.52. The summed E-state index contributed by atoms with van der Waals surface area (Å²) in [4.78, 5) is 0. The number of methoxy groups -OCH3 is 1. The van der Waals surface area contributed by atoms with Crippen molar-refractivity contribution in [2.24, 2.45) is 0 Å². The Hall–Kier alpha value is -0.240. The van der Waals surface area contributed by atoms with Crippen LogP contribution in [0.5, 0.6) is 0 Å². The summed E-state index contributed by atoms with van der Waals surface area (Å²) in [5, 5.41) is 0.756. The number of alkyl halides is 1. The summed E-state index contributed by atoms with van der Waals surface area (Å²) in [6.45, 7) is 2.05. The van der Waals surface area contributed by atoms with Gasteiger partial charge in [-0.3, -0.25) is 0 Å². The van der Waals surface area contributed by atoms with Crippen LogP contribution in [0.25, 0.3) is 0 Å². The summed E-state index contributed by atoms with van der Waals surface area (Å²) in [6, 6.07) is 7.84. The zero-order valence-electron chi connectivity index (χ0n) is 9.04. The van der Waals surface area contributed by atoms with Gasteiger partial charge in [0.2, 0.25) is 0 Å². The van der Waals surface area contributed by atoms with Crippen molar-refractivity contribution < 1.29 is 4.74 Å². The predicted octanol–water partition coefficient (Wildman–Crippen LogP) is 4.09. The zero-order chi connectivity index (χ0) is 11.3. The van der Waals surface area contributed by atoms with Crippen LogP contribution in [0, 0.1) is 0 Å². The van der Waals surface area contributed by atoms with Crippen molar-refractivity contribution in [1.82, 2.24) is 0 Å². The van der Waals surface area contributed by atoms with Gasteiger partial charge in [0, 0.05) is 18.0 Å². The van der Waals surface area contributed by atoms with Crippen molar-refractivity contribution in [3.05, 3.63) is 34.9 Å². The summed E-state index contributed by atoms with van der Waals surface area (Å²) in [5.74, 6) is 0.939. The van der Waals surface area contributed by atoms with E-state index >= 15 is 0 Å². The lowest BCUT2D eigenvalue weighted by Gasteiger charge is -2.18. The van der Waals surface area contributed by atoms with Gasteiger partial charge in [0.05, 0.1) is 6.10 Å². The molecule has 1 rings (SSSR count). The molecule has 0 aromatic heterocycles. The van der Waals surface area contributed by atoms with Crippen LogP contribution in [0.1, 0.15) is 24.8 Å². The number of rotatable bonds is 5. The normalized spacial score (nSPS) is 14.9. The highest BCUT2D eigenvalue weighted by molar-refractivity contribution is 6.30. The average molecular weight is 247 g/mol. The number of hydrogen-bond acceptors (Lipinski definition) is 1. The first-order valence-electron chi connectivity index (χ1n) is 5.01. The van der Waals surface area contributed by atoms with E-state index in [0.717, 1.165) is 11.4 Å². The second-order valence-corrected chi connectivity index (χ2v) is 4.43. The standard InChI is InChI=1S/C12H16Cl2O/c1-9(15-2)7-11(8-13)10-3-5-12(14)6-4-10/h3-6,9,11H,7-8H2,1-2H3. The van der Waals surface area contributed by atoms with Crippen LogP contribution in [0.15, 0.2) is 24.3 Å². The van der Waals surface area contributed by atoms with Gasteiger partial charge in [-0.05, 0) is 37.0 Å². The van der Waals surface area contributed by atoms with E-state index in [0.29, 0.717) is 11.8 Å². The van der Waals surface area contributed by atoms with Gasteiger partial charge < -0.3 is 4.74 Å². The number of ether oxygens (including phenoxy) is 1. The van der Waals surface area contributed by atoms with Gasteiger partial charge in [0.15, 0.2) is 0 Å². The van der Waals surface area contributed by atoms with Gasteiger partial charge >= 0.3 is 0 Å². The number of hydrogen-bond donors (Lipinski definition) is 0. The van der Waals surface area contributed by atoms with E-state index in [-0.39, 0.29) is 6.10 Å². The molecule has 0 bridgehead atoms. The molecule has 1 aromatic rings. The Morgan fingerprint density at radius 1 is 1.27 bits per heavy atom. The summed E-state index contributed by atoms with van der Waals surface area (Å²) in [6.07, 6.45) is 1.16. The Balaban J connectivity index is 2.69. The van der Waals surface area contributed by atoms with Crippen molar-refractivity contribution in [3.8, 4) is 0 Å². The molecule has 0 fully saturated rings. The highest BCUT2D eigenvalue weighted by Crippen LogP contribution is 2.24. The first-order valence-corrected chi connectivity index (χ1v) is 5.92. The van der Waals surface area contributed by atoms with Gasteiger partial charge in [-0.1, -0.05) is 23.7 Å². The fourth-order valence-corrected chi connectivity index (χ4v) is 1.95. The molecule has 0 heterocycles. The summed E-state index contributed by atoms with van der Waals surface area (Å²) < 4.78 is 5.24. The fraction of sp³-hybridized carbons (Fsp3) is 0.500.